The molecule has 0 unspecified atom stereocenters. The van der Waals surface area contributed by atoms with Crippen LogP contribution in [0.1, 0.15) is 35.0 Å². The number of amides is 1. The van der Waals surface area contributed by atoms with Crippen LogP contribution in [0.4, 0.5) is 10.1 Å². The fourth-order valence-corrected chi connectivity index (χ4v) is 4.24. The first kappa shape index (κ1) is 29.8. The molecule has 1 aromatic carbocycles. The maximum absolute atomic E-state index is 14.5. The molecular formula is C27H31ClFN9O3. The summed E-state index contributed by atoms with van der Waals surface area (Å²) in [6, 6.07) is 6.12. The molecular weight excluding hydrogens is 553 g/mol. The number of aryl methyl sites for hydroxylation is 2. The van der Waals surface area contributed by atoms with Crippen molar-refractivity contribution in [3.8, 4) is 11.1 Å². The summed E-state index contributed by atoms with van der Waals surface area (Å²) in [5, 5.41) is 22.6. The van der Waals surface area contributed by atoms with Crippen molar-refractivity contribution in [2.24, 2.45) is 21.2 Å². The molecule has 3 aromatic heterocycles. The van der Waals surface area contributed by atoms with Crippen molar-refractivity contribution >= 4 is 34.5 Å². The lowest BCUT2D eigenvalue weighted by molar-refractivity contribution is 0.0677. The summed E-state index contributed by atoms with van der Waals surface area (Å²) in [6.07, 6.45) is 6.00. The largest absolute Gasteiger partial charge is 0.382 e. The third-order valence-electron chi connectivity index (χ3n) is 6.07. The van der Waals surface area contributed by atoms with Gasteiger partial charge in [0.2, 0.25) is 0 Å². The zero-order valence-electron chi connectivity index (χ0n) is 23.0. The second kappa shape index (κ2) is 13.9. The van der Waals surface area contributed by atoms with E-state index >= 15 is 0 Å². The van der Waals surface area contributed by atoms with E-state index in [2.05, 4.69) is 31.0 Å². The molecule has 0 fully saturated rings. The Kier molecular flexibility index (Phi) is 10.1. The van der Waals surface area contributed by atoms with Crippen LogP contribution in [-0.2, 0) is 16.0 Å². The number of methoxy groups -OCH3 is 1. The van der Waals surface area contributed by atoms with E-state index in [4.69, 9.17) is 26.8 Å². The van der Waals surface area contributed by atoms with E-state index in [0.29, 0.717) is 44.0 Å². The number of anilines is 1. The van der Waals surface area contributed by atoms with E-state index in [1.165, 1.54) is 12.3 Å². The van der Waals surface area contributed by atoms with E-state index in [1.54, 1.807) is 24.7 Å². The fourth-order valence-electron chi connectivity index (χ4n) is 4.04. The number of nitrogens with two attached hydrogens (primary N) is 1. The Morgan fingerprint density at radius 1 is 1.22 bits per heavy atom. The summed E-state index contributed by atoms with van der Waals surface area (Å²) in [6.45, 7) is 6.54. The molecule has 0 saturated heterocycles. The lowest BCUT2D eigenvalue weighted by atomic mass is 10.1. The molecule has 1 amide bonds. The highest BCUT2D eigenvalue weighted by molar-refractivity contribution is 6.34. The molecule has 0 spiro atoms. The van der Waals surface area contributed by atoms with E-state index in [-0.39, 0.29) is 22.1 Å². The number of rotatable bonds is 13. The van der Waals surface area contributed by atoms with Crippen molar-refractivity contribution in [1.29, 1.82) is 0 Å². The van der Waals surface area contributed by atoms with Crippen LogP contribution in [-0.4, -0.2) is 64.6 Å². The number of ether oxygens (including phenoxy) is 2. The normalized spacial score (nSPS) is 12.1. The summed E-state index contributed by atoms with van der Waals surface area (Å²) >= 11 is 6.23. The molecule has 0 aliphatic heterocycles. The predicted octanol–water partition coefficient (Wildman–Crippen LogP) is 4.70. The first-order chi connectivity index (χ1) is 19.8. The molecule has 0 atom stereocenters. The van der Waals surface area contributed by atoms with Crippen LogP contribution in [0.3, 0.4) is 0 Å². The zero-order valence-corrected chi connectivity index (χ0v) is 23.7. The molecule has 0 radical (unpaired) electrons. The number of carbonyl (C=O) groups excluding carboxylic acids is 1. The molecule has 0 aliphatic carbocycles. The minimum atomic E-state index is -0.712. The van der Waals surface area contributed by atoms with Gasteiger partial charge in [-0.25, -0.2) is 8.91 Å². The third kappa shape index (κ3) is 7.31. The molecule has 3 N–H and O–H groups in total. The second-order valence-corrected chi connectivity index (χ2v) is 9.36. The van der Waals surface area contributed by atoms with E-state index < -0.39 is 11.7 Å². The Bertz CT molecular complexity index is 1580. The molecule has 41 heavy (non-hydrogen) atoms. The van der Waals surface area contributed by atoms with E-state index in [1.807, 2.05) is 29.9 Å². The van der Waals surface area contributed by atoms with Crippen LogP contribution in [0, 0.1) is 12.7 Å². The molecule has 12 nitrogen and oxygen atoms in total. The SMILES string of the molecule is CCN=N/N=C(\N)c1cc(NC(=O)c2cnn3ccc(-c4cn(CCCOCCOC)nc4C)cc23)c(Cl)cc1F. The number of carbonyl (C=O) groups is 1. The van der Waals surface area contributed by atoms with Gasteiger partial charge < -0.3 is 20.5 Å². The van der Waals surface area contributed by atoms with Gasteiger partial charge in [0.15, 0.2) is 5.84 Å². The van der Waals surface area contributed by atoms with Gasteiger partial charge in [0.25, 0.3) is 5.91 Å². The number of nitrogens with one attached hydrogen (secondary N) is 1. The van der Waals surface area contributed by atoms with Crippen molar-refractivity contribution in [3.05, 3.63) is 70.5 Å². The molecule has 4 rings (SSSR count). The van der Waals surface area contributed by atoms with E-state index in [0.717, 1.165) is 29.3 Å². The topological polar surface area (TPSA) is 146 Å². The highest BCUT2D eigenvalue weighted by Crippen LogP contribution is 2.28. The van der Waals surface area contributed by atoms with Gasteiger partial charge in [-0.1, -0.05) is 11.6 Å². The van der Waals surface area contributed by atoms with Gasteiger partial charge in [0, 0.05) is 38.2 Å². The quantitative estimate of drug-likeness (QED) is 0.0767. The van der Waals surface area contributed by atoms with E-state index in [9.17, 15) is 9.18 Å². The van der Waals surface area contributed by atoms with Crippen LogP contribution in [0.5, 0.6) is 0 Å². The van der Waals surface area contributed by atoms with Crippen molar-refractivity contribution < 1.29 is 18.7 Å². The highest BCUT2D eigenvalue weighted by atomic mass is 35.5. The lowest BCUT2D eigenvalue weighted by Crippen LogP contribution is -2.17. The summed E-state index contributed by atoms with van der Waals surface area (Å²) in [7, 11) is 1.64. The maximum Gasteiger partial charge on any atom is 0.259 e. The molecule has 0 saturated carbocycles. The van der Waals surface area contributed by atoms with Crippen molar-refractivity contribution in [2.75, 3.05) is 38.8 Å². The number of hydrogen-bond acceptors (Lipinski definition) is 7. The van der Waals surface area contributed by atoms with Crippen molar-refractivity contribution in [1.82, 2.24) is 19.4 Å². The summed E-state index contributed by atoms with van der Waals surface area (Å²) in [5.74, 6) is -1.41. The Morgan fingerprint density at radius 2 is 2.05 bits per heavy atom. The van der Waals surface area contributed by atoms with Gasteiger partial charge in [-0.2, -0.15) is 15.3 Å². The minimum absolute atomic E-state index is 0.00752. The first-order valence-corrected chi connectivity index (χ1v) is 13.3. The number of aromatic nitrogens is 4. The van der Waals surface area contributed by atoms with Crippen LogP contribution in [0.2, 0.25) is 5.02 Å². The minimum Gasteiger partial charge on any atom is -0.382 e. The average Bonchev–Trinajstić information content (AvgIpc) is 3.54. The predicted molar refractivity (Wildman–Crippen MR) is 154 cm³/mol. The number of fused-ring (bicyclic) bond motifs is 1. The molecule has 0 aliphatic rings. The highest BCUT2D eigenvalue weighted by Gasteiger charge is 2.18. The fraction of sp³-hybridized carbons (Fsp3) is 0.333. The number of pyridine rings is 1. The molecule has 4 aromatic rings. The third-order valence-corrected chi connectivity index (χ3v) is 6.38. The number of benzene rings is 1. The maximum atomic E-state index is 14.5. The van der Waals surface area contributed by atoms with Crippen LogP contribution >= 0.6 is 11.6 Å². The van der Waals surface area contributed by atoms with Crippen LogP contribution < -0.4 is 11.1 Å². The standard InChI is InChI=1S/C27H31ClFN9O3/c1-4-31-36-34-26(30)19-13-24(22(28)14-23(19)29)33-27(39)20-15-32-38-8-6-18(12-25(20)38)21-16-37(35-17(21)2)7-5-9-41-11-10-40-3/h6,8,12-16H,4-5,7,9-11H2,1-3H3,(H,33,39)(H2,30,31,34). The van der Waals surface area contributed by atoms with Crippen LogP contribution in [0.15, 0.2) is 58.3 Å². The van der Waals surface area contributed by atoms with Gasteiger partial charge >= 0.3 is 0 Å². The summed E-state index contributed by atoms with van der Waals surface area (Å²) < 4.78 is 28.5. The molecule has 3 heterocycles. The Balaban J connectivity index is 1.54. The number of nitrogens with zero attached hydrogens (tertiary/aromatic N) is 7. The van der Waals surface area contributed by atoms with Gasteiger partial charge in [-0.05, 0) is 55.3 Å². The summed E-state index contributed by atoms with van der Waals surface area (Å²) in [4.78, 5) is 13.3. The average molecular weight is 584 g/mol. The van der Waals surface area contributed by atoms with Gasteiger partial charge in [0.1, 0.15) is 5.82 Å². The second-order valence-electron chi connectivity index (χ2n) is 8.95. The molecule has 0 bridgehead atoms. The van der Waals surface area contributed by atoms with Crippen molar-refractivity contribution in [2.45, 2.75) is 26.8 Å². The summed E-state index contributed by atoms with van der Waals surface area (Å²) in [5.41, 5.74) is 9.46. The monoisotopic (exact) mass is 583 g/mol. The number of halogens is 2. The van der Waals surface area contributed by atoms with Gasteiger partial charge in [-0.15, -0.1) is 5.10 Å². The zero-order chi connectivity index (χ0) is 29.4. The molecule has 216 valence electrons. The lowest BCUT2D eigenvalue weighted by Gasteiger charge is -2.10. The first-order valence-electron chi connectivity index (χ1n) is 12.9. The number of amidine groups is 1. The number of hydrogen-bond donors (Lipinski definition) is 2. The van der Waals surface area contributed by atoms with Gasteiger partial charge in [-0.3, -0.25) is 9.48 Å². The Morgan fingerprint density at radius 3 is 2.83 bits per heavy atom. The Labute approximate surface area is 241 Å². The smallest absolute Gasteiger partial charge is 0.259 e. The van der Waals surface area contributed by atoms with Gasteiger partial charge in [0.05, 0.1) is 59.0 Å². The molecule has 14 heteroatoms. The van der Waals surface area contributed by atoms with Crippen molar-refractivity contribution in [3.63, 3.8) is 0 Å². The van der Waals surface area contributed by atoms with Crippen LogP contribution in [0.25, 0.3) is 16.6 Å². The Hall–Kier alpha value is -4.20.